The first kappa shape index (κ1) is 14.8. The number of nitrogens with two attached hydrogens (primary N) is 1. The van der Waals surface area contributed by atoms with E-state index in [0.29, 0.717) is 24.1 Å². The number of aliphatic carboxylic acids is 1. The lowest BCUT2D eigenvalue weighted by Gasteiger charge is -2.24. The van der Waals surface area contributed by atoms with Gasteiger partial charge in [-0.1, -0.05) is 12.2 Å². The quantitative estimate of drug-likeness (QED) is 0.727. The van der Waals surface area contributed by atoms with Crippen LogP contribution in [0.3, 0.4) is 0 Å². The zero-order chi connectivity index (χ0) is 15.4. The largest absolute Gasteiger partial charge is 0.481 e. The predicted octanol–water partition coefficient (Wildman–Crippen LogP) is 1.39. The summed E-state index contributed by atoms with van der Waals surface area (Å²) in [5.74, 6) is -3.15. The second-order valence-corrected chi connectivity index (χ2v) is 4.92. The van der Waals surface area contributed by atoms with Crippen LogP contribution in [0.15, 0.2) is 36.4 Å². The Hall–Kier alpha value is -2.63. The number of carbonyl (C=O) groups is 3. The van der Waals surface area contributed by atoms with E-state index in [0.717, 1.165) is 0 Å². The molecule has 21 heavy (non-hydrogen) atoms. The van der Waals surface area contributed by atoms with Gasteiger partial charge in [0.25, 0.3) is 0 Å². The Kier molecular flexibility index (Phi) is 4.37. The Labute approximate surface area is 121 Å². The lowest BCUT2D eigenvalue weighted by molar-refractivity contribution is -0.146. The average Bonchev–Trinajstić information content (AvgIpc) is 2.47. The normalized spacial score (nSPS) is 20.8. The number of amides is 2. The van der Waals surface area contributed by atoms with E-state index in [-0.39, 0.29) is 5.91 Å². The summed E-state index contributed by atoms with van der Waals surface area (Å²) in [4.78, 5) is 34.3. The minimum absolute atomic E-state index is 0.335. The van der Waals surface area contributed by atoms with E-state index in [1.165, 1.54) is 12.1 Å². The van der Waals surface area contributed by atoms with Gasteiger partial charge in [-0.05, 0) is 37.1 Å². The zero-order valence-electron chi connectivity index (χ0n) is 11.3. The molecular weight excluding hydrogens is 272 g/mol. The van der Waals surface area contributed by atoms with E-state index >= 15 is 0 Å². The summed E-state index contributed by atoms with van der Waals surface area (Å²) >= 11 is 0. The van der Waals surface area contributed by atoms with Crippen LogP contribution in [0.25, 0.3) is 0 Å². The van der Waals surface area contributed by atoms with Gasteiger partial charge in [0.05, 0.1) is 11.8 Å². The number of nitrogens with one attached hydrogen (secondary N) is 1. The van der Waals surface area contributed by atoms with Crippen LogP contribution in [-0.2, 0) is 9.59 Å². The number of carbonyl (C=O) groups excluding carboxylic acids is 2. The average molecular weight is 288 g/mol. The topological polar surface area (TPSA) is 109 Å². The molecule has 1 aliphatic rings. The summed E-state index contributed by atoms with van der Waals surface area (Å²) in [5, 5.41) is 11.8. The van der Waals surface area contributed by atoms with Gasteiger partial charge in [-0.2, -0.15) is 0 Å². The number of carboxylic acid groups (broad SMARTS) is 1. The van der Waals surface area contributed by atoms with Crippen molar-refractivity contribution >= 4 is 23.5 Å². The van der Waals surface area contributed by atoms with Crippen molar-refractivity contribution in [3.63, 3.8) is 0 Å². The van der Waals surface area contributed by atoms with Gasteiger partial charge in [-0.15, -0.1) is 0 Å². The first-order chi connectivity index (χ1) is 9.99. The fraction of sp³-hybridized carbons (Fsp3) is 0.267. The van der Waals surface area contributed by atoms with Gasteiger partial charge in [0.2, 0.25) is 11.8 Å². The lowest BCUT2D eigenvalue weighted by Crippen LogP contribution is -2.34. The van der Waals surface area contributed by atoms with E-state index in [9.17, 15) is 14.4 Å². The maximum atomic E-state index is 12.2. The number of hydrogen-bond donors (Lipinski definition) is 3. The van der Waals surface area contributed by atoms with E-state index in [1.54, 1.807) is 18.2 Å². The zero-order valence-corrected chi connectivity index (χ0v) is 11.3. The minimum Gasteiger partial charge on any atom is -0.481 e. The summed E-state index contributed by atoms with van der Waals surface area (Å²) in [6.45, 7) is 0. The van der Waals surface area contributed by atoms with Crippen molar-refractivity contribution in [2.24, 2.45) is 17.6 Å². The molecule has 6 heteroatoms. The third-order valence-electron chi connectivity index (χ3n) is 3.52. The van der Waals surface area contributed by atoms with Crippen LogP contribution in [0.5, 0.6) is 0 Å². The number of anilines is 1. The molecule has 2 amide bonds. The molecule has 1 aromatic rings. The van der Waals surface area contributed by atoms with Gasteiger partial charge in [0.15, 0.2) is 0 Å². The van der Waals surface area contributed by atoms with Crippen LogP contribution in [0, 0.1) is 11.8 Å². The van der Waals surface area contributed by atoms with Crippen LogP contribution in [0.4, 0.5) is 5.69 Å². The van der Waals surface area contributed by atoms with Gasteiger partial charge in [0, 0.05) is 11.3 Å². The van der Waals surface area contributed by atoms with Crippen LogP contribution in [-0.4, -0.2) is 22.9 Å². The maximum Gasteiger partial charge on any atom is 0.307 e. The molecule has 0 radical (unpaired) electrons. The van der Waals surface area contributed by atoms with E-state index < -0.39 is 23.7 Å². The van der Waals surface area contributed by atoms with Gasteiger partial charge >= 0.3 is 5.97 Å². The Bertz CT molecular complexity index is 592. The summed E-state index contributed by atoms with van der Waals surface area (Å²) in [6, 6.07) is 6.14. The van der Waals surface area contributed by atoms with Crippen LogP contribution in [0.2, 0.25) is 0 Å². The first-order valence-corrected chi connectivity index (χ1v) is 6.57. The molecule has 0 spiro atoms. The first-order valence-electron chi connectivity index (χ1n) is 6.57. The van der Waals surface area contributed by atoms with Gasteiger partial charge < -0.3 is 16.2 Å². The Morgan fingerprint density at radius 1 is 1.05 bits per heavy atom. The highest BCUT2D eigenvalue weighted by molar-refractivity contribution is 5.97. The number of primary amides is 1. The molecule has 0 saturated carbocycles. The molecule has 0 fully saturated rings. The summed E-state index contributed by atoms with van der Waals surface area (Å²) in [5.41, 5.74) is 5.98. The molecule has 0 bridgehead atoms. The maximum absolute atomic E-state index is 12.2. The van der Waals surface area contributed by atoms with Crippen molar-refractivity contribution in [1.29, 1.82) is 0 Å². The predicted molar refractivity (Wildman–Crippen MR) is 76.6 cm³/mol. The van der Waals surface area contributed by atoms with Gasteiger partial charge in [-0.3, -0.25) is 14.4 Å². The lowest BCUT2D eigenvalue weighted by atomic mass is 9.82. The number of benzene rings is 1. The molecule has 0 aromatic heterocycles. The van der Waals surface area contributed by atoms with Crippen molar-refractivity contribution in [3.8, 4) is 0 Å². The molecule has 110 valence electrons. The molecule has 2 rings (SSSR count). The highest BCUT2D eigenvalue weighted by atomic mass is 16.4. The molecule has 0 aliphatic heterocycles. The van der Waals surface area contributed by atoms with Crippen molar-refractivity contribution in [2.75, 3.05) is 5.32 Å². The standard InChI is InChI=1S/C15H16N2O4/c16-13(18)9-5-7-10(8-6-9)17-14(19)11-3-1-2-4-12(11)15(20)21/h1-2,5-8,11-12H,3-4H2,(H2,16,18)(H,17,19)(H,20,21)/t11-,12-/m0/s1. The smallest absolute Gasteiger partial charge is 0.307 e. The molecular formula is C15H16N2O4. The van der Waals surface area contributed by atoms with Crippen molar-refractivity contribution in [3.05, 3.63) is 42.0 Å². The third kappa shape index (κ3) is 3.47. The minimum atomic E-state index is -0.969. The van der Waals surface area contributed by atoms with E-state index in [2.05, 4.69) is 5.32 Å². The highest BCUT2D eigenvalue weighted by Gasteiger charge is 2.33. The second kappa shape index (κ2) is 6.21. The Balaban J connectivity index is 2.08. The number of rotatable bonds is 4. The highest BCUT2D eigenvalue weighted by Crippen LogP contribution is 2.27. The van der Waals surface area contributed by atoms with Gasteiger partial charge in [-0.25, -0.2) is 0 Å². The van der Waals surface area contributed by atoms with Crippen LogP contribution < -0.4 is 11.1 Å². The van der Waals surface area contributed by atoms with Crippen molar-refractivity contribution in [1.82, 2.24) is 0 Å². The number of allylic oxidation sites excluding steroid dienone is 2. The van der Waals surface area contributed by atoms with Crippen LogP contribution >= 0.6 is 0 Å². The molecule has 1 aromatic carbocycles. The fourth-order valence-corrected chi connectivity index (χ4v) is 2.33. The summed E-state index contributed by atoms with van der Waals surface area (Å²) < 4.78 is 0. The molecule has 0 heterocycles. The SMILES string of the molecule is NC(=O)c1ccc(NC(=O)[C@H]2CC=CC[C@@H]2C(=O)O)cc1. The fourth-order valence-electron chi connectivity index (χ4n) is 2.33. The molecule has 1 aliphatic carbocycles. The molecule has 6 nitrogen and oxygen atoms in total. The van der Waals surface area contributed by atoms with Gasteiger partial charge in [0.1, 0.15) is 0 Å². The summed E-state index contributed by atoms with van der Waals surface area (Å²) in [6.07, 6.45) is 4.36. The van der Waals surface area contributed by atoms with E-state index in [4.69, 9.17) is 10.8 Å². The number of carboxylic acids is 1. The molecule has 0 unspecified atom stereocenters. The van der Waals surface area contributed by atoms with E-state index in [1.807, 2.05) is 6.08 Å². The third-order valence-corrected chi connectivity index (χ3v) is 3.52. The monoisotopic (exact) mass is 288 g/mol. The summed E-state index contributed by atoms with van der Waals surface area (Å²) in [7, 11) is 0. The Morgan fingerprint density at radius 2 is 1.62 bits per heavy atom. The number of hydrogen-bond acceptors (Lipinski definition) is 3. The molecule has 4 N–H and O–H groups in total. The molecule has 0 saturated heterocycles. The molecule has 2 atom stereocenters. The second-order valence-electron chi connectivity index (χ2n) is 4.92. The van der Waals surface area contributed by atoms with Crippen molar-refractivity contribution < 1.29 is 19.5 Å². The van der Waals surface area contributed by atoms with Crippen LogP contribution in [0.1, 0.15) is 23.2 Å². The van der Waals surface area contributed by atoms with Crippen molar-refractivity contribution in [2.45, 2.75) is 12.8 Å². The Morgan fingerprint density at radius 3 is 2.14 bits per heavy atom.